The molecule has 33 heavy (non-hydrogen) atoms. The highest BCUT2D eigenvalue weighted by Crippen LogP contribution is 2.25. The first-order chi connectivity index (χ1) is 16.1. The molecule has 5 rings (SSSR count). The summed E-state index contributed by atoms with van der Waals surface area (Å²) in [5.41, 5.74) is 9.33. The molecule has 3 heterocycles. The van der Waals surface area contributed by atoms with Gasteiger partial charge in [-0.25, -0.2) is 0 Å². The highest BCUT2D eigenvalue weighted by molar-refractivity contribution is 5.75. The van der Waals surface area contributed by atoms with Gasteiger partial charge in [-0.3, -0.25) is 13.9 Å². The quantitative estimate of drug-likeness (QED) is 0.476. The average Bonchev–Trinajstić information content (AvgIpc) is 3.20. The first-order valence-corrected chi connectivity index (χ1v) is 11.4. The molecule has 1 aliphatic heterocycles. The number of hydrogen-bond acceptors (Lipinski definition) is 6. The number of nitrogens with two attached hydrogens (primary N) is 1. The lowest BCUT2D eigenvalue weighted by atomic mass is 10.1. The van der Waals surface area contributed by atoms with Gasteiger partial charge in [-0.2, -0.15) is 9.97 Å². The van der Waals surface area contributed by atoms with Gasteiger partial charge in [0.1, 0.15) is 0 Å². The van der Waals surface area contributed by atoms with Crippen molar-refractivity contribution in [1.29, 1.82) is 0 Å². The highest BCUT2D eigenvalue weighted by Gasteiger charge is 2.25. The molecule has 8 heteroatoms. The smallest absolute Gasteiger partial charge is 0.281 e. The average molecular weight is 444 g/mol. The predicted octanol–water partition coefficient (Wildman–Crippen LogP) is 2.72. The van der Waals surface area contributed by atoms with E-state index < -0.39 is 0 Å². The fourth-order valence-corrected chi connectivity index (χ4v) is 4.43. The molecule has 1 fully saturated rings. The van der Waals surface area contributed by atoms with Gasteiger partial charge < -0.3 is 16.0 Å². The summed E-state index contributed by atoms with van der Waals surface area (Å²) in [4.78, 5) is 25.3. The van der Waals surface area contributed by atoms with Crippen LogP contribution in [0, 0.1) is 0 Å². The molecular weight excluding hydrogens is 414 g/mol. The molecule has 0 aliphatic carbocycles. The van der Waals surface area contributed by atoms with Crippen LogP contribution in [0.4, 0.5) is 11.9 Å². The molecule has 2 aromatic carbocycles. The lowest BCUT2D eigenvalue weighted by molar-refractivity contribution is 0.495. The summed E-state index contributed by atoms with van der Waals surface area (Å²) in [6.07, 6.45) is 2.01. The molecule has 1 aliphatic rings. The minimum Gasteiger partial charge on any atom is -0.351 e. The van der Waals surface area contributed by atoms with Gasteiger partial charge in [0, 0.05) is 32.7 Å². The van der Waals surface area contributed by atoms with Crippen LogP contribution in [0.3, 0.4) is 0 Å². The molecule has 1 saturated heterocycles. The van der Waals surface area contributed by atoms with Crippen molar-refractivity contribution in [1.82, 2.24) is 19.1 Å². The molecule has 8 nitrogen and oxygen atoms in total. The Hall–Kier alpha value is -3.65. The molecule has 1 atom stereocenters. The standard InChI is InChI=1S/C25H29N7O/c1-30-23(33)21-22(28-24(30)27-15-18-9-4-2-5-10-18)29-25(31-14-8-13-20(26)17-31)32(21)16-19-11-6-3-7-12-19/h2-7,9-12,20H,8,13-17,26H2,1H3,(H,27,28). The zero-order chi connectivity index (χ0) is 22.8. The fraction of sp³-hybridized carbons (Fsp3) is 0.320. The number of anilines is 2. The topological polar surface area (TPSA) is 94.0 Å². The van der Waals surface area contributed by atoms with E-state index in [0.717, 1.165) is 43.0 Å². The number of rotatable bonds is 6. The van der Waals surface area contributed by atoms with Gasteiger partial charge >= 0.3 is 0 Å². The van der Waals surface area contributed by atoms with E-state index >= 15 is 0 Å². The van der Waals surface area contributed by atoms with Gasteiger partial charge in [0.2, 0.25) is 11.9 Å². The summed E-state index contributed by atoms with van der Waals surface area (Å²) in [7, 11) is 1.75. The zero-order valence-corrected chi connectivity index (χ0v) is 18.8. The number of hydrogen-bond donors (Lipinski definition) is 2. The summed E-state index contributed by atoms with van der Waals surface area (Å²) < 4.78 is 3.57. The van der Waals surface area contributed by atoms with Crippen LogP contribution in [-0.2, 0) is 20.1 Å². The van der Waals surface area contributed by atoms with Gasteiger partial charge in [-0.1, -0.05) is 60.7 Å². The van der Waals surface area contributed by atoms with Gasteiger partial charge in [0.15, 0.2) is 11.2 Å². The van der Waals surface area contributed by atoms with Crippen LogP contribution in [0.5, 0.6) is 0 Å². The van der Waals surface area contributed by atoms with Crippen LogP contribution in [-0.4, -0.2) is 38.2 Å². The fourth-order valence-electron chi connectivity index (χ4n) is 4.43. The summed E-state index contributed by atoms with van der Waals surface area (Å²) in [5, 5.41) is 3.30. The maximum absolute atomic E-state index is 13.5. The second-order valence-electron chi connectivity index (χ2n) is 8.64. The van der Waals surface area contributed by atoms with Crippen LogP contribution < -0.4 is 21.5 Å². The van der Waals surface area contributed by atoms with E-state index in [1.54, 1.807) is 11.6 Å². The highest BCUT2D eigenvalue weighted by atomic mass is 16.1. The monoisotopic (exact) mass is 443 g/mol. The van der Waals surface area contributed by atoms with E-state index in [-0.39, 0.29) is 11.6 Å². The SMILES string of the molecule is Cn1c(NCc2ccccc2)nc2nc(N3CCCC(N)C3)n(Cc3ccccc3)c2c1=O. The Morgan fingerprint density at radius 2 is 1.73 bits per heavy atom. The van der Waals surface area contributed by atoms with Crippen molar-refractivity contribution in [3.8, 4) is 0 Å². The Kier molecular flexibility index (Phi) is 5.83. The lowest BCUT2D eigenvalue weighted by Gasteiger charge is -2.31. The van der Waals surface area contributed by atoms with E-state index in [1.165, 1.54) is 0 Å². The van der Waals surface area contributed by atoms with Crippen molar-refractivity contribution in [2.45, 2.75) is 32.0 Å². The third-order valence-electron chi connectivity index (χ3n) is 6.18. The summed E-state index contributed by atoms with van der Waals surface area (Å²) in [5.74, 6) is 1.26. The van der Waals surface area contributed by atoms with Crippen molar-refractivity contribution >= 4 is 23.1 Å². The minimum absolute atomic E-state index is 0.0997. The van der Waals surface area contributed by atoms with Gasteiger partial charge in [0.25, 0.3) is 5.56 Å². The van der Waals surface area contributed by atoms with E-state index in [4.69, 9.17) is 15.7 Å². The van der Waals surface area contributed by atoms with E-state index in [2.05, 4.69) is 22.3 Å². The Morgan fingerprint density at radius 3 is 2.42 bits per heavy atom. The molecular formula is C25H29N7O. The van der Waals surface area contributed by atoms with Gasteiger partial charge in [-0.15, -0.1) is 0 Å². The molecule has 0 spiro atoms. The number of imidazole rings is 1. The molecule has 4 aromatic rings. The maximum atomic E-state index is 13.5. The van der Waals surface area contributed by atoms with E-state index in [0.29, 0.717) is 30.2 Å². The second kappa shape index (κ2) is 9.07. The number of benzene rings is 2. The molecule has 0 saturated carbocycles. The van der Waals surface area contributed by atoms with E-state index in [9.17, 15) is 4.79 Å². The van der Waals surface area contributed by atoms with Gasteiger partial charge in [-0.05, 0) is 24.0 Å². The molecule has 0 amide bonds. The zero-order valence-electron chi connectivity index (χ0n) is 18.8. The number of piperidine rings is 1. The van der Waals surface area contributed by atoms with Crippen molar-refractivity contribution in [3.05, 3.63) is 82.1 Å². The van der Waals surface area contributed by atoms with Crippen molar-refractivity contribution in [2.75, 3.05) is 23.3 Å². The summed E-state index contributed by atoms with van der Waals surface area (Å²) in [6.45, 7) is 2.71. The molecule has 1 unspecified atom stereocenters. The Morgan fingerprint density at radius 1 is 1.03 bits per heavy atom. The number of nitrogens with one attached hydrogen (secondary N) is 1. The van der Waals surface area contributed by atoms with Crippen molar-refractivity contribution < 1.29 is 0 Å². The van der Waals surface area contributed by atoms with Crippen LogP contribution in [0.25, 0.3) is 11.2 Å². The molecule has 3 N–H and O–H groups in total. The normalized spacial score (nSPS) is 16.3. The lowest BCUT2D eigenvalue weighted by Crippen LogP contribution is -2.44. The largest absolute Gasteiger partial charge is 0.351 e. The molecule has 0 bridgehead atoms. The molecule has 2 aromatic heterocycles. The van der Waals surface area contributed by atoms with E-state index in [1.807, 2.05) is 53.1 Å². The van der Waals surface area contributed by atoms with Crippen molar-refractivity contribution in [2.24, 2.45) is 12.8 Å². The van der Waals surface area contributed by atoms with Crippen LogP contribution >= 0.6 is 0 Å². The van der Waals surface area contributed by atoms with Crippen molar-refractivity contribution in [3.63, 3.8) is 0 Å². The maximum Gasteiger partial charge on any atom is 0.281 e. The number of aromatic nitrogens is 4. The predicted molar refractivity (Wildman–Crippen MR) is 132 cm³/mol. The third kappa shape index (κ3) is 4.34. The Labute approximate surface area is 192 Å². The molecule has 170 valence electrons. The van der Waals surface area contributed by atoms with Gasteiger partial charge in [0.05, 0.1) is 6.54 Å². The Bertz CT molecular complexity index is 1300. The Balaban J connectivity index is 1.58. The second-order valence-corrected chi connectivity index (χ2v) is 8.64. The first kappa shape index (κ1) is 21.2. The summed E-state index contributed by atoms with van der Waals surface area (Å²) in [6, 6.07) is 20.3. The first-order valence-electron chi connectivity index (χ1n) is 11.4. The number of fused-ring (bicyclic) bond motifs is 1. The van der Waals surface area contributed by atoms with Crippen LogP contribution in [0.15, 0.2) is 65.5 Å². The van der Waals surface area contributed by atoms with Crippen LogP contribution in [0.2, 0.25) is 0 Å². The molecule has 0 radical (unpaired) electrons. The third-order valence-corrected chi connectivity index (χ3v) is 6.18. The summed E-state index contributed by atoms with van der Waals surface area (Å²) >= 11 is 0. The van der Waals surface area contributed by atoms with Crippen LogP contribution in [0.1, 0.15) is 24.0 Å². The minimum atomic E-state index is -0.119. The number of nitrogens with zero attached hydrogens (tertiary/aromatic N) is 5.